The minimum atomic E-state index is 0.350. The molecule has 0 saturated heterocycles. The molecule has 2 aromatic heterocycles. The van der Waals surface area contributed by atoms with E-state index in [1.54, 1.807) is 4.68 Å². The molecule has 0 aliphatic carbocycles. The summed E-state index contributed by atoms with van der Waals surface area (Å²) in [4.78, 5) is 4.23. The summed E-state index contributed by atoms with van der Waals surface area (Å²) in [6.07, 6.45) is 2.67. The average molecular weight is 326 g/mol. The number of ether oxygens (including phenoxy) is 1. The van der Waals surface area contributed by atoms with Crippen LogP contribution in [-0.4, -0.2) is 26.2 Å². The minimum Gasteiger partial charge on any atom is -0.484 e. The first kappa shape index (κ1) is 15.8. The Kier molecular flexibility index (Phi) is 4.60. The van der Waals surface area contributed by atoms with Crippen LogP contribution >= 0.6 is 0 Å². The van der Waals surface area contributed by atoms with Gasteiger partial charge in [0.15, 0.2) is 17.2 Å². The molecule has 7 nitrogen and oxygen atoms in total. The molecule has 0 aliphatic heterocycles. The Morgan fingerprint density at radius 1 is 1.33 bits per heavy atom. The summed E-state index contributed by atoms with van der Waals surface area (Å²) in [6, 6.07) is 9.90. The lowest BCUT2D eigenvalue weighted by Gasteiger charge is -2.08. The van der Waals surface area contributed by atoms with Gasteiger partial charge in [0, 0.05) is 6.54 Å². The Labute approximate surface area is 139 Å². The van der Waals surface area contributed by atoms with Crippen molar-refractivity contribution < 1.29 is 14.4 Å². The monoisotopic (exact) mass is 326 g/mol. The summed E-state index contributed by atoms with van der Waals surface area (Å²) >= 11 is 0. The number of aryl methyl sites for hydroxylation is 2. The number of hydrogen-bond acceptors (Lipinski definition) is 6. The molecule has 7 heteroatoms. The SMILES string of the molecule is CCn1nc(C)c(OCc2ccccc2)c1-c1ncc(C=NO)o1. The second kappa shape index (κ2) is 6.99. The number of aromatic nitrogens is 3. The van der Waals surface area contributed by atoms with Gasteiger partial charge in [-0.05, 0) is 19.4 Å². The Morgan fingerprint density at radius 2 is 2.12 bits per heavy atom. The fourth-order valence-corrected chi connectivity index (χ4v) is 2.42. The van der Waals surface area contributed by atoms with Crippen LogP contribution in [0, 0.1) is 6.92 Å². The zero-order valence-corrected chi connectivity index (χ0v) is 13.5. The van der Waals surface area contributed by atoms with Gasteiger partial charge in [-0.25, -0.2) is 4.98 Å². The third kappa shape index (κ3) is 3.15. The van der Waals surface area contributed by atoms with Crippen LogP contribution in [0.2, 0.25) is 0 Å². The van der Waals surface area contributed by atoms with Gasteiger partial charge in [0.1, 0.15) is 18.5 Å². The molecule has 3 aromatic rings. The van der Waals surface area contributed by atoms with E-state index >= 15 is 0 Å². The molecule has 0 saturated carbocycles. The van der Waals surface area contributed by atoms with E-state index in [-0.39, 0.29) is 0 Å². The third-order valence-corrected chi connectivity index (χ3v) is 3.51. The predicted molar refractivity (Wildman–Crippen MR) is 88.3 cm³/mol. The van der Waals surface area contributed by atoms with Crippen LogP contribution < -0.4 is 4.74 Å². The smallest absolute Gasteiger partial charge is 0.249 e. The molecule has 1 N–H and O–H groups in total. The number of nitrogens with zero attached hydrogens (tertiary/aromatic N) is 4. The molecule has 0 unspecified atom stereocenters. The Morgan fingerprint density at radius 3 is 2.83 bits per heavy atom. The quantitative estimate of drug-likeness (QED) is 0.427. The first-order chi connectivity index (χ1) is 11.7. The number of oxazole rings is 1. The van der Waals surface area contributed by atoms with E-state index < -0.39 is 0 Å². The van der Waals surface area contributed by atoms with Gasteiger partial charge in [0.05, 0.1) is 6.20 Å². The van der Waals surface area contributed by atoms with Gasteiger partial charge in [-0.1, -0.05) is 35.5 Å². The topological polar surface area (TPSA) is 85.7 Å². The second-order valence-corrected chi connectivity index (χ2v) is 5.17. The highest BCUT2D eigenvalue weighted by atomic mass is 16.5. The molecular formula is C17H18N4O3. The van der Waals surface area contributed by atoms with Crippen molar-refractivity contribution >= 4 is 6.21 Å². The van der Waals surface area contributed by atoms with Crippen LogP contribution in [0.1, 0.15) is 23.9 Å². The molecular weight excluding hydrogens is 308 g/mol. The number of hydrogen-bond donors (Lipinski definition) is 1. The minimum absolute atomic E-state index is 0.350. The summed E-state index contributed by atoms with van der Waals surface area (Å²) in [5.41, 5.74) is 2.49. The van der Waals surface area contributed by atoms with E-state index in [9.17, 15) is 0 Å². The van der Waals surface area contributed by atoms with Crippen LogP contribution in [0.5, 0.6) is 5.75 Å². The van der Waals surface area contributed by atoms with Crippen molar-refractivity contribution in [3.05, 3.63) is 53.5 Å². The molecule has 0 aliphatic rings. The van der Waals surface area contributed by atoms with E-state index in [2.05, 4.69) is 15.2 Å². The van der Waals surface area contributed by atoms with Crippen molar-refractivity contribution in [1.82, 2.24) is 14.8 Å². The molecule has 0 atom stereocenters. The molecule has 124 valence electrons. The maximum atomic E-state index is 8.61. The van der Waals surface area contributed by atoms with Crippen LogP contribution in [0.3, 0.4) is 0 Å². The van der Waals surface area contributed by atoms with Crippen molar-refractivity contribution in [2.45, 2.75) is 27.0 Å². The van der Waals surface area contributed by atoms with E-state index in [1.807, 2.05) is 44.2 Å². The molecule has 0 fully saturated rings. The summed E-state index contributed by atoms with van der Waals surface area (Å²) < 4.78 is 13.4. The van der Waals surface area contributed by atoms with Gasteiger partial charge in [-0.2, -0.15) is 5.10 Å². The molecule has 3 rings (SSSR count). The van der Waals surface area contributed by atoms with Crippen molar-refractivity contribution in [2.75, 3.05) is 0 Å². The van der Waals surface area contributed by atoms with E-state index in [1.165, 1.54) is 12.4 Å². The summed E-state index contributed by atoms with van der Waals surface area (Å²) in [5, 5.41) is 16.0. The van der Waals surface area contributed by atoms with Gasteiger partial charge < -0.3 is 14.4 Å². The summed E-state index contributed by atoms with van der Waals surface area (Å²) in [5.74, 6) is 1.36. The Bertz CT molecular complexity index is 837. The van der Waals surface area contributed by atoms with Gasteiger partial charge in [0.2, 0.25) is 5.89 Å². The summed E-state index contributed by atoms with van der Waals surface area (Å²) in [7, 11) is 0. The Hall–Kier alpha value is -3.09. The second-order valence-electron chi connectivity index (χ2n) is 5.17. The lowest BCUT2D eigenvalue weighted by Crippen LogP contribution is -2.01. The fraction of sp³-hybridized carbons (Fsp3) is 0.235. The zero-order chi connectivity index (χ0) is 16.9. The van der Waals surface area contributed by atoms with Gasteiger partial charge in [-0.15, -0.1) is 0 Å². The molecule has 1 aromatic carbocycles. The first-order valence-electron chi connectivity index (χ1n) is 7.60. The highest BCUT2D eigenvalue weighted by Gasteiger charge is 2.22. The van der Waals surface area contributed by atoms with Gasteiger partial charge >= 0.3 is 0 Å². The maximum absolute atomic E-state index is 8.61. The largest absolute Gasteiger partial charge is 0.484 e. The maximum Gasteiger partial charge on any atom is 0.249 e. The predicted octanol–water partition coefficient (Wildman–Crippen LogP) is 3.25. The molecule has 0 spiro atoms. The van der Waals surface area contributed by atoms with Gasteiger partial charge in [-0.3, -0.25) is 4.68 Å². The molecule has 0 amide bonds. The number of oxime groups is 1. The normalized spacial score (nSPS) is 11.2. The average Bonchev–Trinajstić information content (AvgIpc) is 3.18. The number of rotatable bonds is 6. The molecule has 0 radical (unpaired) electrons. The zero-order valence-electron chi connectivity index (χ0n) is 13.5. The highest BCUT2D eigenvalue weighted by Crippen LogP contribution is 2.33. The summed E-state index contributed by atoms with van der Waals surface area (Å²) in [6.45, 7) is 4.94. The van der Waals surface area contributed by atoms with Crippen molar-refractivity contribution in [3.63, 3.8) is 0 Å². The lowest BCUT2D eigenvalue weighted by atomic mass is 10.2. The van der Waals surface area contributed by atoms with Crippen LogP contribution in [-0.2, 0) is 13.2 Å². The van der Waals surface area contributed by atoms with Crippen molar-refractivity contribution in [2.24, 2.45) is 5.16 Å². The fourth-order valence-electron chi connectivity index (χ4n) is 2.42. The number of benzene rings is 1. The van der Waals surface area contributed by atoms with Crippen LogP contribution in [0.25, 0.3) is 11.6 Å². The van der Waals surface area contributed by atoms with E-state index in [4.69, 9.17) is 14.4 Å². The molecule has 24 heavy (non-hydrogen) atoms. The van der Waals surface area contributed by atoms with E-state index in [0.717, 1.165) is 11.3 Å². The first-order valence-corrected chi connectivity index (χ1v) is 7.60. The van der Waals surface area contributed by atoms with E-state index in [0.29, 0.717) is 36.2 Å². The van der Waals surface area contributed by atoms with Crippen LogP contribution in [0.4, 0.5) is 0 Å². The third-order valence-electron chi connectivity index (χ3n) is 3.51. The standard InChI is InChI=1S/C17H18N4O3/c1-3-21-15(17-18-9-14(24-17)10-19-22)16(12(2)20-21)23-11-13-7-5-4-6-8-13/h4-10,22H,3,11H2,1-2H3. The van der Waals surface area contributed by atoms with Crippen molar-refractivity contribution in [1.29, 1.82) is 0 Å². The Balaban J connectivity index is 1.94. The lowest BCUT2D eigenvalue weighted by molar-refractivity contribution is 0.304. The van der Waals surface area contributed by atoms with Crippen molar-refractivity contribution in [3.8, 4) is 17.3 Å². The highest BCUT2D eigenvalue weighted by molar-refractivity contribution is 5.75. The van der Waals surface area contributed by atoms with Crippen LogP contribution in [0.15, 0.2) is 46.1 Å². The molecule has 0 bridgehead atoms. The molecule has 2 heterocycles. The van der Waals surface area contributed by atoms with Gasteiger partial charge in [0.25, 0.3) is 0 Å².